The molecule has 0 aliphatic rings. The molecule has 0 saturated heterocycles. The van der Waals surface area contributed by atoms with Gasteiger partial charge in [-0.15, -0.1) is 0 Å². The van der Waals surface area contributed by atoms with E-state index in [-0.39, 0.29) is 18.4 Å². The zero-order valence-corrected chi connectivity index (χ0v) is 12.1. The number of amides is 2. The SMILES string of the molecule is CCC(O)CCNC(=O)CNC(=O)c1ccccc1Cl. The van der Waals surface area contributed by atoms with E-state index in [4.69, 9.17) is 11.6 Å². The molecule has 2 amide bonds. The topological polar surface area (TPSA) is 78.4 Å². The Morgan fingerprint density at radius 3 is 2.65 bits per heavy atom. The number of aliphatic hydroxyl groups excluding tert-OH is 1. The van der Waals surface area contributed by atoms with Crippen LogP contribution in [0.1, 0.15) is 30.1 Å². The number of benzene rings is 1. The van der Waals surface area contributed by atoms with E-state index < -0.39 is 6.10 Å². The van der Waals surface area contributed by atoms with Gasteiger partial charge in [0.15, 0.2) is 0 Å². The first kappa shape index (κ1) is 16.5. The summed E-state index contributed by atoms with van der Waals surface area (Å²) in [6.45, 7) is 2.14. The molecule has 1 aromatic carbocycles. The highest BCUT2D eigenvalue weighted by molar-refractivity contribution is 6.33. The maximum absolute atomic E-state index is 11.8. The number of halogens is 1. The third kappa shape index (κ3) is 5.59. The van der Waals surface area contributed by atoms with Gasteiger partial charge < -0.3 is 15.7 Å². The molecule has 0 aromatic heterocycles. The van der Waals surface area contributed by atoms with Crippen LogP contribution in [0.2, 0.25) is 5.02 Å². The number of rotatable bonds is 7. The van der Waals surface area contributed by atoms with Gasteiger partial charge in [0.1, 0.15) is 0 Å². The van der Waals surface area contributed by atoms with E-state index >= 15 is 0 Å². The zero-order valence-electron chi connectivity index (χ0n) is 11.4. The van der Waals surface area contributed by atoms with Gasteiger partial charge in [-0.25, -0.2) is 0 Å². The molecule has 0 fully saturated rings. The number of nitrogens with one attached hydrogen (secondary N) is 2. The summed E-state index contributed by atoms with van der Waals surface area (Å²) in [5, 5.41) is 14.8. The second-order valence-corrected chi connectivity index (χ2v) is 4.77. The monoisotopic (exact) mass is 298 g/mol. The van der Waals surface area contributed by atoms with Gasteiger partial charge in [0.2, 0.25) is 5.91 Å². The third-order valence-electron chi connectivity index (χ3n) is 2.80. The minimum Gasteiger partial charge on any atom is -0.393 e. The molecule has 1 rings (SSSR count). The number of carbonyl (C=O) groups is 2. The molecule has 0 heterocycles. The Hall–Kier alpha value is -1.59. The molecule has 6 heteroatoms. The molecule has 1 unspecified atom stereocenters. The minimum atomic E-state index is -0.409. The lowest BCUT2D eigenvalue weighted by Crippen LogP contribution is -2.38. The van der Waals surface area contributed by atoms with Crippen molar-refractivity contribution in [1.29, 1.82) is 0 Å². The van der Waals surface area contributed by atoms with Gasteiger partial charge in [-0.2, -0.15) is 0 Å². The van der Waals surface area contributed by atoms with E-state index in [1.807, 2.05) is 6.92 Å². The van der Waals surface area contributed by atoms with Gasteiger partial charge in [0, 0.05) is 6.54 Å². The second kappa shape index (κ2) is 8.55. The van der Waals surface area contributed by atoms with E-state index in [1.165, 1.54) is 0 Å². The molecule has 110 valence electrons. The molecule has 0 aliphatic carbocycles. The van der Waals surface area contributed by atoms with Crippen molar-refractivity contribution in [3.63, 3.8) is 0 Å². The second-order valence-electron chi connectivity index (χ2n) is 4.36. The predicted octanol–water partition coefficient (Wildman–Crippen LogP) is 1.35. The van der Waals surface area contributed by atoms with Gasteiger partial charge in [-0.1, -0.05) is 30.7 Å². The summed E-state index contributed by atoms with van der Waals surface area (Å²) in [6, 6.07) is 6.63. The average molecular weight is 299 g/mol. The maximum atomic E-state index is 11.8. The smallest absolute Gasteiger partial charge is 0.253 e. The fraction of sp³-hybridized carbons (Fsp3) is 0.429. The third-order valence-corrected chi connectivity index (χ3v) is 3.13. The fourth-order valence-electron chi connectivity index (χ4n) is 1.55. The van der Waals surface area contributed by atoms with Crippen LogP contribution in [0, 0.1) is 0 Å². The first-order valence-electron chi connectivity index (χ1n) is 6.52. The van der Waals surface area contributed by atoms with E-state index in [1.54, 1.807) is 24.3 Å². The Labute approximate surface area is 123 Å². The van der Waals surface area contributed by atoms with Crippen LogP contribution in [0.5, 0.6) is 0 Å². The van der Waals surface area contributed by atoms with Crippen LogP contribution in [-0.4, -0.2) is 36.1 Å². The van der Waals surface area contributed by atoms with E-state index in [0.29, 0.717) is 30.0 Å². The minimum absolute atomic E-state index is 0.119. The molecular formula is C14H19ClN2O3. The highest BCUT2D eigenvalue weighted by Crippen LogP contribution is 2.14. The molecule has 1 atom stereocenters. The average Bonchev–Trinajstić information content (AvgIpc) is 2.45. The van der Waals surface area contributed by atoms with E-state index in [9.17, 15) is 14.7 Å². The lowest BCUT2D eigenvalue weighted by Gasteiger charge is -2.10. The number of hydrogen-bond donors (Lipinski definition) is 3. The van der Waals surface area contributed by atoms with E-state index in [0.717, 1.165) is 0 Å². The Morgan fingerprint density at radius 2 is 2.00 bits per heavy atom. The zero-order chi connectivity index (χ0) is 15.0. The number of aliphatic hydroxyl groups is 1. The van der Waals surface area contributed by atoms with Crippen molar-refractivity contribution in [3.05, 3.63) is 34.9 Å². The highest BCUT2D eigenvalue weighted by atomic mass is 35.5. The predicted molar refractivity (Wildman–Crippen MR) is 77.7 cm³/mol. The molecule has 0 aliphatic heterocycles. The van der Waals surface area contributed by atoms with E-state index in [2.05, 4.69) is 10.6 Å². The van der Waals surface area contributed by atoms with Crippen molar-refractivity contribution in [2.24, 2.45) is 0 Å². The summed E-state index contributed by atoms with van der Waals surface area (Å²) >= 11 is 5.88. The number of carbonyl (C=O) groups excluding carboxylic acids is 2. The van der Waals surface area contributed by atoms with Crippen LogP contribution < -0.4 is 10.6 Å². The van der Waals surface area contributed by atoms with Crippen molar-refractivity contribution >= 4 is 23.4 Å². The van der Waals surface area contributed by atoms with Crippen molar-refractivity contribution in [2.75, 3.05) is 13.1 Å². The van der Waals surface area contributed by atoms with Crippen LogP contribution in [0.3, 0.4) is 0 Å². The fourth-order valence-corrected chi connectivity index (χ4v) is 1.77. The normalized spacial score (nSPS) is 11.8. The molecule has 0 spiro atoms. The summed E-state index contributed by atoms with van der Waals surface area (Å²) in [5.41, 5.74) is 0.336. The van der Waals surface area contributed by atoms with Crippen molar-refractivity contribution in [2.45, 2.75) is 25.9 Å². The highest BCUT2D eigenvalue weighted by Gasteiger charge is 2.10. The first-order valence-corrected chi connectivity index (χ1v) is 6.90. The summed E-state index contributed by atoms with van der Waals surface area (Å²) < 4.78 is 0. The molecule has 3 N–H and O–H groups in total. The molecule has 0 saturated carbocycles. The summed E-state index contributed by atoms with van der Waals surface area (Å²) in [4.78, 5) is 23.3. The first-order chi connectivity index (χ1) is 9.54. The van der Waals surface area contributed by atoms with Gasteiger partial charge >= 0.3 is 0 Å². The molecule has 1 aromatic rings. The Morgan fingerprint density at radius 1 is 1.30 bits per heavy atom. The summed E-state index contributed by atoms with van der Waals surface area (Å²) in [6.07, 6.45) is 0.743. The van der Waals surface area contributed by atoms with Crippen LogP contribution in [0.4, 0.5) is 0 Å². The van der Waals surface area contributed by atoms with Gasteiger partial charge in [0.05, 0.1) is 23.2 Å². The molecule has 20 heavy (non-hydrogen) atoms. The molecule has 0 bridgehead atoms. The lowest BCUT2D eigenvalue weighted by atomic mass is 10.2. The largest absolute Gasteiger partial charge is 0.393 e. The maximum Gasteiger partial charge on any atom is 0.253 e. The Kier molecular flexibility index (Phi) is 7.04. The van der Waals surface area contributed by atoms with Crippen LogP contribution in [0.25, 0.3) is 0 Å². The van der Waals surface area contributed by atoms with Crippen LogP contribution in [0.15, 0.2) is 24.3 Å². The van der Waals surface area contributed by atoms with Gasteiger partial charge in [-0.3, -0.25) is 9.59 Å². The summed E-state index contributed by atoms with van der Waals surface area (Å²) in [5.74, 6) is -0.687. The summed E-state index contributed by atoms with van der Waals surface area (Å²) in [7, 11) is 0. The molecular weight excluding hydrogens is 280 g/mol. The van der Waals surface area contributed by atoms with Gasteiger partial charge in [-0.05, 0) is 25.0 Å². The lowest BCUT2D eigenvalue weighted by molar-refractivity contribution is -0.120. The molecule has 5 nitrogen and oxygen atoms in total. The standard InChI is InChI=1S/C14H19ClN2O3/c1-2-10(18)7-8-16-13(19)9-17-14(20)11-5-3-4-6-12(11)15/h3-6,10,18H,2,7-9H2,1H3,(H,16,19)(H,17,20). The quantitative estimate of drug-likeness (QED) is 0.711. The van der Waals surface area contributed by atoms with Crippen molar-refractivity contribution in [3.8, 4) is 0 Å². The van der Waals surface area contributed by atoms with Crippen molar-refractivity contribution in [1.82, 2.24) is 10.6 Å². The Bertz CT molecular complexity index is 465. The van der Waals surface area contributed by atoms with Crippen LogP contribution >= 0.6 is 11.6 Å². The van der Waals surface area contributed by atoms with Crippen molar-refractivity contribution < 1.29 is 14.7 Å². The number of hydrogen-bond acceptors (Lipinski definition) is 3. The molecule has 0 radical (unpaired) electrons. The van der Waals surface area contributed by atoms with Gasteiger partial charge in [0.25, 0.3) is 5.91 Å². The van der Waals surface area contributed by atoms with Crippen LogP contribution in [-0.2, 0) is 4.79 Å². The Balaban J connectivity index is 2.31.